The van der Waals surface area contributed by atoms with Crippen LogP contribution in [0.4, 0.5) is 5.82 Å². The van der Waals surface area contributed by atoms with Crippen LogP contribution in [0.3, 0.4) is 0 Å². The first-order valence-corrected chi connectivity index (χ1v) is 8.24. The third-order valence-corrected chi connectivity index (χ3v) is 4.51. The fourth-order valence-electron chi connectivity index (χ4n) is 3.09. The number of benzene rings is 2. The second kappa shape index (κ2) is 6.42. The number of nitrogens with zero attached hydrogens (tertiary/aromatic N) is 2. The predicted molar refractivity (Wildman–Crippen MR) is 95.6 cm³/mol. The Hall–Kier alpha value is -2.72. The topological polar surface area (TPSA) is 45.2 Å². The van der Waals surface area contributed by atoms with Crippen LogP contribution in [0.5, 0.6) is 0 Å². The van der Waals surface area contributed by atoms with Gasteiger partial charge in [0.2, 0.25) is 5.91 Å². The number of likely N-dealkylation sites (tertiary alicyclic amines) is 1. The van der Waals surface area contributed by atoms with Crippen LogP contribution >= 0.6 is 0 Å². The molecule has 0 aliphatic carbocycles. The van der Waals surface area contributed by atoms with Crippen LogP contribution in [0.1, 0.15) is 12.0 Å². The molecule has 4 rings (SSSR count). The molecule has 0 spiro atoms. The van der Waals surface area contributed by atoms with Crippen molar-refractivity contribution in [1.29, 1.82) is 0 Å². The summed E-state index contributed by atoms with van der Waals surface area (Å²) in [5, 5.41) is 4.03. The normalized spacial score (nSPS) is 17.4. The van der Waals surface area contributed by atoms with Gasteiger partial charge in [-0.05, 0) is 30.2 Å². The molecule has 0 radical (unpaired) electrons. The fraction of sp³-hybridized carbons (Fsp3) is 0.200. The summed E-state index contributed by atoms with van der Waals surface area (Å²) in [4.78, 5) is 19.3. The van der Waals surface area contributed by atoms with Gasteiger partial charge in [-0.2, -0.15) is 0 Å². The summed E-state index contributed by atoms with van der Waals surface area (Å²) < 4.78 is 0. The Bertz CT molecular complexity index is 863. The molecule has 4 heteroatoms. The molecular formula is C20H19N3O. The first-order chi connectivity index (χ1) is 11.8. The molecule has 1 atom stereocenters. The molecule has 3 aromatic rings. The standard InChI is InChI=1S/C20H19N3O/c24-20(18-12-13-23(18)14-15-6-2-1-3-7-15)22-19-11-10-16-8-4-5-9-17(16)21-19/h1-11,18H,12-14H2,(H,21,22,24)/t18-/m0/s1. The second-order valence-corrected chi connectivity index (χ2v) is 6.14. The molecule has 0 saturated carbocycles. The quantitative estimate of drug-likeness (QED) is 0.801. The van der Waals surface area contributed by atoms with Gasteiger partial charge in [0.1, 0.15) is 5.82 Å². The summed E-state index contributed by atoms with van der Waals surface area (Å²) in [5.74, 6) is 0.644. The van der Waals surface area contributed by atoms with Gasteiger partial charge in [0.15, 0.2) is 0 Å². The molecule has 0 bridgehead atoms. The summed E-state index contributed by atoms with van der Waals surface area (Å²) in [7, 11) is 0. The van der Waals surface area contributed by atoms with Crippen LogP contribution < -0.4 is 5.32 Å². The van der Waals surface area contributed by atoms with Crippen molar-refractivity contribution >= 4 is 22.6 Å². The van der Waals surface area contributed by atoms with Crippen molar-refractivity contribution in [2.45, 2.75) is 19.0 Å². The Balaban J connectivity index is 1.43. The van der Waals surface area contributed by atoms with E-state index in [0.29, 0.717) is 5.82 Å². The number of hydrogen-bond acceptors (Lipinski definition) is 3. The SMILES string of the molecule is O=C(Nc1ccc2ccccc2n1)[C@@H]1CCN1Cc1ccccc1. The maximum atomic E-state index is 12.5. The molecule has 1 aliphatic heterocycles. The molecule has 2 heterocycles. The van der Waals surface area contributed by atoms with E-state index in [1.807, 2.05) is 54.6 Å². The van der Waals surface area contributed by atoms with Crippen LogP contribution in [0.2, 0.25) is 0 Å². The van der Waals surface area contributed by atoms with E-state index < -0.39 is 0 Å². The lowest BCUT2D eigenvalue weighted by Gasteiger charge is -2.39. The van der Waals surface area contributed by atoms with Gasteiger partial charge in [-0.25, -0.2) is 4.98 Å². The Morgan fingerprint density at radius 2 is 1.83 bits per heavy atom. The van der Waals surface area contributed by atoms with E-state index >= 15 is 0 Å². The van der Waals surface area contributed by atoms with E-state index in [2.05, 4.69) is 27.3 Å². The van der Waals surface area contributed by atoms with Crippen molar-refractivity contribution in [1.82, 2.24) is 9.88 Å². The molecule has 1 amide bonds. The van der Waals surface area contributed by atoms with Gasteiger partial charge in [0, 0.05) is 18.5 Å². The molecule has 24 heavy (non-hydrogen) atoms. The molecule has 1 aliphatic rings. The Morgan fingerprint density at radius 3 is 2.62 bits per heavy atom. The summed E-state index contributed by atoms with van der Waals surface area (Å²) in [6, 6.07) is 21.9. The predicted octanol–water partition coefficient (Wildman–Crippen LogP) is 3.45. The van der Waals surface area contributed by atoms with Gasteiger partial charge in [-0.1, -0.05) is 48.5 Å². The molecule has 120 valence electrons. The Kier molecular flexibility index (Phi) is 3.97. The monoisotopic (exact) mass is 317 g/mol. The average molecular weight is 317 g/mol. The highest BCUT2D eigenvalue weighted by atomic mass is 16.2. The van der Waals surface area contributed by atoms with Crippen LogP contribution in [0.15, 0.2) is 66.7 Å². The molecular weight excluding hydrogens is 298 g/mol. The van der Waals surface area contributed by atoms with Gasteiger partial charge in [-0.15, -0.1) is 0 Å². The van der Waals surface area contributed by atoms with Gasteiger partial charge < -0.3 is 5.32 Å². The highest BCUT2D eigenvalue weighted by molar-refractivity contribution is 5.95. The largest absolute Gasteiger partial charge is 0.309 e. The molecule has 4 nitrogen and oxygen atoms in total. The number of hydrogen-bond donors (Lipinski definition) is 1. The van der Waals surface area contributed by atoms with Crippen LogP contribution in [0, 0.1) is 0 Å². The van der Waals surface area contributed by atoms with Crippen molar-refractivity contribution in [2.75, 3.05) is 11.9 Å². The number of amides is 1. The third-order valence-electron chi connectivity index (χ3n) is 4.51. The minimum absolute atomic E-state index is 0.0277. The number of pyridine rings is 1. The molecule has 1 aromatic heterocycles. The average Bonchev–Trinajstić information content (AvgIpc) is 2.59. The Labute approximate surface area is 141 Å². The fourth-order valence-corrected chi connectivity index (χ4v) is 3.09. The van der Waals surface area contributed by atoms with Crippen LogP contribution in [-0.2, 0) is 11.3 Å². The van der Waals surface area contributed by atoms with E-state index in [-0.39, 0.29) is 11.9 Å². The van der Waals surface area contributed by atoms with Crippen molar-refractivity contribution in [3.05, 3.63) is 72.3 Å². The number of rotatable bonds is 4. The summed E-state index contributed by atoms with van der Waals surface area (Å²) >= 11 is 0. The van der Waals surface area contributed by atoms with Crippen molar-refractivity contribution in [3.63, 3.8) is 0 Å². The number of carbonyl (C=O) groups is 1. The zero-order chi connectivity index (χ0) is 16.4. The molecule has 1 N–H and O–H groups in total. The number of anilines is 1. The highest BCUT2D eigenvalue weighted by Crippen LogP contribution is 2.22. The van der Waals surface area contributed by atoms with Crippen LogP contribution in [-0.4, -0.2) is 28.4 Å². The smallest absolute Gasteiger partial charge is 0.242 e. The third kappa shape index (κ3) is 3.01. The molecule has 0 unspecified atom stereocenters. The van der Waals surface area contributed by atoms with E-state index in [9.17, 15) is 4.79 Å². The summed E-state index contributed by atoms with van der Waals surface area (Å²) in [6.07, 6.45) is 0.895. The van der Waals surface area contributed by atoms with Crippen LogP contribution in [0.25, 0.3) is 10.9 Å². The maximum Gasteiger partial charge on any atom is 0.242 e. The molecule has 2 aromatic carbocycles. The van der Waals surface area contributed by atoms with E-state index in [4.69, 9.17) is 0 Å². The van der Waals surface area contributed by atoms with Gasteiger partial charge >= 0.3 is 0 Å². The lowest BCUT2D eigenvalue weighted by atomic mass is 10.0. The molecule has 1 fully saturated rings. The van der Waals surface area contributed by atoms with Gasteiger partial charge in [-0.3, -0.25) is 9.69 Å². The minimum Gasteiger partial charge on any atom is -0.309 e. The van der Waals surface area contributed by atoms with E-state index in [0.717, 1.165) is 30.4 Å². The van der Waals surface area contributed by atoms with Gasteiger partial charge in [0.25, 0.3) is 0 Å². The number of fused-ring (bicyclic) bond motifs is 1. The Morgan fingerprint density at radius 1 is 1.04 bits per heavy atom. The second-order valence-electron chi connectivity index (χ2n) is 6.14. The number of aromatic nitrogens is 1. The maximum absolute atomic E-state index is 12.5. The first-order valence-electron chi connectivity index (χ1n) is 8.24. The zero-order valence-electron chi connectivity index (χ0n) is 13.4. The summed E-state index contributed by atoms with van der Waals surface area (Å²) in [6.45, 7) is 1.77. The zero-order valence-corrected chi connectivity index (χ0v) is 13.4. The molecule has 1 saturated heterocycles. The van der Waals surface area contributed by atoms with E-state index in [1.165, 1.54) is 5.56 Å². The lowest BCUT2D eigenvalue weighted by molar-refractivity contribution is -0.125. The minimum atomic E-state index is -0.0709. The highest BCUT2D eigenvalue weighted by Gasteiger charge is 2.34. The number of para-hydroxylation sites is 1. The lowest BCUT2D eigenvalue weighted by Crippen LogP contribution is -2.53. The summed E-state index contributed by atoms with van der Waals surface area (Å²) in [5.41, 5.74) is 2.13. The number of nitrogens with one attached hydrogen (secondary N) is 1. The van der Waals surface area contributed by atoms with E-state index in [1.54, 1.807) is 0 Å². The number of carbonyl (C=O) groups excluding carboxylic acids is 1. The van der Waals surface area contributed by atoms with Crippen molar-refractivity contribution in [2.24, 2.45) is 0 Å². The first kappa shape index (κ1) is 14.8. The van der Waals surface area contributed by atoms with Gasteiger partial charge in [0.05, 0.1) is 11.6 Å². The van der Waals surface area contributed by atoms with Crippen molar-refractivity contribution < 1.29 is 4.79 Å². The van der Waals surface area contributed by atoms with Crippen molar-refractivity contribution in [3.8, 4) is 0 Å².